The van der Waals surface area contributed by atoms with Gasteiger partial charge >= 0.3 is 0 Å². The number of nitrogens with zero attached hydrogens (tertiary/aromatic N) is 3. The van der Waals surface area contributed by atoms with Crippen molar-refractivity contribution in [3.8, 4) is 0 Å². The molecule has 2 rings (SSSR count). The molecule has 6 nitrogen and oxygen atoms in total. The first-order chi connectivity index (χ1) is 9.82. The van der Waals surface area contributed by atoms with E-state index in [1.165, 1.54) is 11.3 Å². The SMILES string of the molecule is CCc1[nH]nc(C(=O)NCc2nnc(C(C)(C)C)s2)c1Br. The molecule has 0 aliphatic rings. The number of nitrogens with one attached hydrogen (secondary N) is 2. The summed E-state index contributed by atoms with van der Waals surface area (Å²) >= 11 is 4.90. The fourth-order valence-corrected chi connectivity index (χ4v) is 3.09. The standard InChI is InChI=1S/C13H18BrN5OS/c1-5-7-9(14)10(18-16-7)11(20)15-6-8-17-19-12(21-8)13(2,3)4/h5-6H2,1-4H3,(H,15,20)(H,16,18). The summed E-state index contributed by atoms with van der Waals surface area (Å²) in [5.41, 5.74) is 1.25. The second-order valence-electron chi connectivity index (χ2n) is 5.65. The summed E-state index contributed by atoms with van der Waals surface area (Å²) in [6.45, 7) is 8.61. The van der Waals surface area contributed by atoms with Crippen molar-refractivity contribution < 1.29 is 4.79 Å². The van der Waals surface area contributed by atoms with Crippen LogP contribution in [0.1, 0.15) is 53.9 Å². The molecule has 0 radical (unpaired) electrons. The number of H-pyrrole nitrogens is 1. The molecule has 114 valence electrons. The van der Waals surface area contributed by atoms with Crippen molar-refractivity contribution >= 4 is 33.2 Å². The van der Waals surface area contributed by atoms with E-state index in [2.05, 4.69) is 62.4 Å². The van der Waals surface area contributed by atoms with Gasteiger partial charge in [-0.25, -0.2) is 0 Å². The van der Waals surface area contributed by atoms with Gasteiger partial charge in [-0.2, -0.15) is 5.10 Å². The largest absolute Gasteiger partial charge is 0.344 e. The van der Waals surface area contributed by atoms with Gasteiger partial charge in [0.15, 0.2) is 5.69 Å². The smallest absolute Gasteiger partial charge is 0.273 e. The molecule has 8 heteroatoms. The molecular weight excluding hydrogens is 354 g/mol. The second-order valence-corrected chi connectivity index (χ2v) is 7.51. The van der Waals surface area contributed by atoms with Crippen LogP contribution in [0.15, 0.2) is 4.47 Å². The Morgan fingerprint density at radius 1 is 1.38 bits per heavy atom. The van der Waals surface area contributed by atoms with Gasteiger partial charge in [-0.05, 0) is 22.4 Å². The molecule has 0 aliphatic heterocycles. The van der Waals surface area contributed by atoms with E-state index in [4.69, 9.17) is 0 Å². The molecule has 2 heterocycles. The minimum absolute atomic E-state index is 0.0266. The van der Waals surface area contributed by atoms with Crippen LogP contribution < -0.4 is 5.32 Å². The lowest BCUT2D eigenvalue weighted by Crippen LogP contribution is -2.23. The Hall–Kier alpha value is -1.28. The van der Waals surface area contributed by atoms with E-state index in [1.54, 1.807) is 0 Å². The van der Waals surface area contributed by atoms with E-state index < -0.39 is 0 Å². The number of aromatic nitrogens is 4. The number of hydrogen-bond donors (Lipinski definition) is 2. The van der Waals surface area contributed by atoms with E-state index in [-0.39, 0.29) is 11.3 Å². The highest BCUT2D eigenvalue weighted by Crippen LogP contribution is 2.25. The van der Waals surface area contributed by atoms with Crippen LogP contribution >= 0.6 is 27.3 Å². The van der Waals surface area contributed by atoms with Gasteiger partial charge in [0.25, 0.3) is 5.91 Å². The maximum Gasteiger partial charge on any atom is 0.273 e. The highest BCUT2D eigenvalue weighted by Gasteiger charge is 2.20. The van der Waals surface area contributed by atoms with Crippen LogP contribution in [0.25, 0.3) is 0 Å². The maximum atomic E-state index is 12.1. The third-order valence-electron chi connectivity index (χ3n) is 2.85. The normalized spacial score (nSPS) is 11.7. The molecule has 0 saturated heterocycles. The quantitative estimate of drug-likeness (QED) is 0.865. The first-order valence-electron chi connectivity index (χ1n) is 6.66. The summed E-state index contributed by atoms with van der Waals surface area (Å²) < 4.78 is 0.718. The van der Waals surface area contributed by atoms with Crippen molar-refractivity contribution in [3.63, 3.8) is 0 Å². The highest BCUT2D eigenvalue weighted by atomic mass is 79.9. The monoisotopic (exact) mass is 371 g/mol. The molecule has 2 N–H and O–H groups in total. The number of hydrogen-bond acceptors (Lipinski definition) is 5. The molecular formula is C13H18BrN5OS. The Morgan fingerprint density at radius 2 is 2.10 bits per heavy atom. The summed E-state index contributed by atoms with van der Waals surface area (Å²) in [4.78, 5) is 12.1. The lowest BCUT2D eigenvalue weighted by Gasteiger charge is -2.12. The molecule has 21 heavy (non-hydrogen) atoms. The summed E-state index contributed by atoms with van der Waals surface area (Å²) in [5, 5.41) is 19.7. The van der Waals surface area contributed by atoms with Gasteiger partial charge in [0.1, 0.15) is 10.0 Å². The van der Waals surface area contributed by atoms with Crippen molar-refractivity contribution in [1.82, 2.24) is 25.7 Å². The molecule has 0 saturated carbocycles. The predicted octanol–water partition coefficient (Wildman–Crippen LogP) is 2.81. The van der Waals surface area contributed by atoms with Crippen molar-refractivity contribution in [3.05, 3.63) is 25.9 Å². The number of amides is 1. The molecule has 0 aromatic carbocycles. The molecule has 0 bridgehead atoms. The lowest BCUT2D eigenvalue weighted by atomic mass is 9.98. The van der Waals surface area contributed by atoms with Gasteiger partial charge in [0.05, 0.1) is 11.0 Å². The van der Waals surface area contributed by atoms with E-state index in [0.29, 0.717) is 12.2 Å². The summed E-state index contributed by atoms with van der Waals surface area (Å²) in [6, 6.07) is 0. The third-order valence-corrected chi connectivity index (χ3v) is 5.06. The minimum Gasteiger partial charge on any atom is -0.344 e. The first-order valence-corrected chi connectivity index (χ1v) is 8.27. The number of carbonyl (C=O) groups is 1. The molecule has 0 fully saturated rings. The van der Waals surface area contributed by atoms with E-state index >= 15 is 0 Å². The Kier molecular flexibility index (Phi) is 4.77. The van der Waals surface area contributed by atoms with Crippen molar-refractivity contribution in [2.75, 3.05) is 0 Å². The number of aromatic amines is 1. The second kappa shape index (κ2) is 6.23. The van der Waals surface area contributed by atoms with Crippen LogP contribution in [0.4, 0.5) is 0 Å². The zero-order chi connectivity index (χ0) is 15.6. The van der Waals surface area contributed by atoms with Gasteiger partial charge in [-0.15, -0.1) is 10.2 Å². The Labute approximate surface area is 135 Å². The number of halogens is 1. The van der Waals surface area contributed by atoms with Crippen LogP contribution in [-0.2, 0) is 18.4 Å². The molecule has 1 amide bonds. The van der Waals surface area contributed by atoms with Crippen LogP contribution in [-0.4, -0.2) is 26.3 Å². The summed E-state index contributed by atoms with van der Waals surface area (Å²) in [5.74, 6) is -0.231. The molecule has 0 unspecified atom stereocenters. The predicted molar refractivity (Wildman–Crippen MR) is 85.4 cm³/mol. The van der Waals surface area contributed by atoms with E-state index in [0.717, 1.165) is 26.6 Å². The Morgan fingerprint density at radius 3 is 2.62 bits per heavy atom. The fourth-order valence-electron chi connectivity index (χ4n) is 1.62. The lowest BCUT2D eigenvalue weighted by molar-refractivity contribution is 0.0945. The van der Waals surface area contributed by atoms with Crippen LogP contribution in [0.3, 0.4) is 0 Å². The van der Waals surface area contributed by atoms with Gasteiger partial charge in [0, 0.05) is 11.1 Å². The summed E-state index contributed by atoms with van der Waals surface area (Å²) in [6.07, 6.45) is 0.784. The molecule has 0 aliphatic carbocycles. The van der Waals surface area contributed by atoms with Crippen molar-refractivity contribution in [2.45, 2.75) is 46.1 Å². The number of carbonyl (C=O) groups excluding carboxylic acids is 1. The number of aryl methyl sites for hydroxylation is 1. The zero-order valence-corrected chi connectivity index (χ0v) is 14.9. The highest BCUT2D eigenvalue weighted by molar-refractivity contribution is 9.10. The van der Waals surface area contributed by atoms with Gasteiger partial charge in [-0.1, -0.05) is 39.0 Å². The average Bonchev–Trinajstić information content (AvgIpc) is 3.02. The van der Waals surface area contributed by atoms with Crippen molar-refractivity contribution in [1.29, 1.82) is 0 Å². The Bertz CT molecular complexity index is 643. The van der Waals surface area contributed by atoms with Gasteiger partial charge in [-0.3, -0.25) is 9.89 Å². The third kappa shape index (κ3) is 3.68. The minimum atomic E-state index is -0.231. The van der Waals surface area contributed by atoms with E-state index in [1.807, 2.05) is 6.92 Å². The van der Waals surface area contributed by atoms with E-state index in [9.17, 15) is 4.79 Å². The topological polar surface area (TPSA) is 83.6 Å². The molecule has 0 atom stereocenters. The first kappa shape index (κ1) is 16.1. The molecule has 2 aromatic heterocycles. The molecule has 0 spiro atoms. The van der Waals surface area contributed by atoms with Crippen molar-refractivity contribution in [2.24, 2.45) is 0 Å². The van der Waals surface area contributed by atoms with Crippen LogP contribution in [0.5, 0.6) is 0 Å². The van der Waals surface area contributed by atoms with Crippen LogP contribution in [0, 0.1) is 0 Å². The maximum absolute atomic E-state index is 12.1. The van der Waals surface area contributed by atoms with Crippen LogP contribution in [0.2, 0.25) is 0 Å². The van der Waals surface area contributed by atoms with Gasteiger partial charge < -0.3 is 5.32 Å². The summed E-state index contributed by atoms with van der Waals surface area (Å²) in [7, 11) is 0. The zero-order valence-electron chi connectivity index (χ0n) is 12.5. The average molecular weight is 372 g/mol. The van der Waals surface area contributed by atoms with Gasteiger partial charge in [0.2, 0.25) is 0 Å². The Balaban J connectivity index is 2.01. The fraction of sp³-hybridized carbons (Fsp3) is 0.538. The number of rotatable bonds is 4. The molecule has 2 aromatic rings.